The topological polar surface area (TPSA) is 34.1 Å². The van der Waals surface area contributed by atoms with E-state index in [0.29, 0.717) is 5.15 Å². The molecule has 104 valence electrons. The van der Waals surface area contributed by atoms with E-state index in [9.17, 15) is 0 Å². The van der Waals surface area contributed by atoms with Gasteiger partial charge in [0.2, 0.25) is 0 Å². The van der Waals surface area contributed by atoms with E-state index in [-0.39, 0.29) is 6.10 Å². The summed E-state index contributed by atoms with van der Waals surface area (Å²) in [5.74, 6) is 0.777. The van der Waals surface area contributed by atoms with E-state index < -0.39 is 0 Å². The van der Waals surface area contributed by atoms with Crippen molar-refractivity contribution in [3.8, 4) is 16.9 Å². The maximum Gasteiger partial charge on any atom is 0.138 e. The minimum absolute atomic E-state index is 0.225. The largest absolute Gasteiger partial charge is 0.487 e. The molecule has 3 rings (SSSR count). The van der Waals surface area contributed by atoms with E-state index in [1.54, 1.807) is 6.20 Å². The molecule has 1 aliphatic heterocycles. The van der Waals surface area contributed by atoms with Crippen molar-refractivity contribution in [2.45, 2.75) is 19.4 Å². The number of hydrogen-bond donors (Lipinski definition) is 1. The van der Waals surface area contributed by atoms with Crippen LogP contribution in [-0.4, -0.2) is 24.2 Å². The average Bonchev–Trinajstić information content (AvgIpc) is 2.94. The molecule has 1 fully saturated rings. The van der Waals surface area contributed by atoms with Gasteiger partial charge in [-0.3, -0.25) is 0 Å². The molecule has 2 heterocycles. The third-order valence-corrected chi connectivity index (χ3v) is 3.76. The Labute approximate surface area is 123 Å². The Hall–Kier alpha value is -1.58. The van der Waals surface area contributed by atoms with Crippen molar-refractivity contribution in [3.05, 3.63) is 47.2 Å². The highest BCUT2D eigenvalue weighted by atomic mass is 35.5. The molecule has 0 aliphatic carbocycles. The number of rotatable bonds is 3. The van der Waals surface area contributed by atoms with Crippen LogP contribution in [0.2, 0.25) is 5.15 Å². The van der Waals surface area contributed by atoms with Crippen molar-refractivity contribution < 1.29 is 4.74 Å². The first-order chi connectivity index (χ1) is 9.72. The smallest absolute Gasteiger partial charge is 0.138 e. The minimum atomic E-state index is 0.225. The predicted molar refractivity (Wildman–Crippen MR) is 81.3 cm³/mol. The molecule has 20 heavy (non-hydrogen) atoms. The number of hydrogen-bond acceptors (Lipinski definition) is 3. The molecule has 1 saturated heterocycles. The summed E-state index contributed by atoms with van der Waals surface area (Å²) >= 11 is 6.22. The Morgan fingerprint density at radius 1 is 1.35 bits per heavy atom. The van der Waals surface area contributed by atoms with Gasteiger partial charge in [0.15, 0.2) is 0 Å². The van der Waals surface area contributed by atoms with E-state index in [1.807, 2.05) is 18.2 Å². The molecule has 1 unspecified atom stereocenters. The Morgan fingerprint density at radius 3 is 3.00 bits per heavy atom. The molecule has 1 aliphatic rings. The van der Waals surface area contributed by atoms with Crippen LogP contribution in [0, 0.1) is 6.92 Å². The molecule has 1 N–H and O–H groups in total. The summed E-state index contributed by atoms with van der Waals surface area (Å²) in [6.07, 6.45) is 2.95. The fourth-order valence-corrected chi connectivity index (χ4v) is 2.64. The highest BCUT2D eigenvalue weighted by Crippen LogP contribution is 2.30. The molecule has 0 bridgehead atoms. The maximum atomic E-state index is 6.22. The first kappa shape index (κ1) is 13.4. The lowest BCUT2D eigenvalue weighted by atomic mass is 10.1. The van der Waals surface area contributed by atoms with Gasteiger partial charge < -0.3 is 10.1 Å². The van der Waals surface area contributed by atoms with Gasteiger partial charge in [0.05, 0.1) is 6.20 Å². The van der Waals surface area contributed by atoms with E-state index in [1.165, 1.54) is 5.56 Å². The second-order valence-electron chi connectivity index (χ2n) is 5.11. The molecule has 2 aromatic rings. The Morgan fingerprint density at radius 2 is 2.25 bits per heavy atom. The van der Waals surface area contributed by atoms with Gasteiger partial charge in [-0.15, -0.1) is 0 Å². The zero-order valence-electron chi connectivity index (χ0n) is 11.4. The molecule has 4 heteroatoms. The monoisotopic (exact) mass is 288 g/mol. The third-order valence-electron chi connectivity index (χ3n) is 3.46. The first-order valence-corrected chi connectivity index (χ1v) is 7.20. The van der Waals surface area contributed by atoms with Crippen molar-refractivity contribution in [2.75, 3.05) is 13.1 Å². The van der Waals surface area contributed by atoms with Crippen molar-refractivity contribution in [1.82, 2.24) is 10.3 Å². The van der Waals surface area contributed by atoms with Crippen LogP contribution in [0.25, 0.3) is 11.1 Å². The molecular formula is C16H17ClN2O. The summed E-state index contributed by atoms with van der Waals surface area (Å²) < 4.78 is 5.94. The van der Waals surface area contributed by atoms with Gasteiger partial charge in [-0.25, -0.2) is 4.98 Å². The van der Waals surface area contributed by atoms with Crippen LogP contribution < -0.4 is 10.1 Å². The molecule has 0 spiro atoms. The second kappa shape index (κ2) is 5.81. The van der Waals surface area contributed by atoms with Crippen molar-refractivity contribution in [3.63, 3.8) is 0 Å². The summed E-state index contributed by atoms with van der Waals surface area (Å²) in [6, 6.07) is 10.2. The SMILES string of the molecule is Cc1cccc(-c2cc(OC3CCNC3)cnc2Cl)c1. The van der Waals surface area contributed by atoms with Crippen LogP contribution in [0.1, 0.15) is 12.0 Å². The first-order valence-electron chi connectivity index (χ1n) is 6.82. The second-order valence-corrected chi connectivity index (χ2v) is 5.47. The van der Waals surface area contributed by atoms with Crippen LogP contribution in [0.15, 0.2) is 36.5 Å². The fourth-order valence-electron chi connectivity index (χ4n) is 2.43. The van der Waals surface area contributed by atoms with E-state index in [0.717, 1.165) is 36.4 Å². The van der Waals surface area contributed by atoms with Crippen LogP contribution in [0.5, 0.6) is 5.75 Å². The number of pyridine rings is 1. The molecule has 1 aromatic heterocycles. The van der Waals surface area contributed by atoms with Gasteiger partial charge in [-0.05, 0) is 31.5 Å². The maximum absolute atomic E-state index is 6.22. The molecule has 1 atom stereocenters. The number of halogens is 1. The minimum Gasteiger partial charge on any atom is -0.487 e. The molecule has 0 saturated carbocycles. The lowest BCUT2D eigenvalue weighted by molar-refractivity contribution is 0.222. The van der Waals surface area contributed by atoms with E-state index >= 15 is 0 Å². The quantitative estimate of drug-likeness (QED) is 0.879. The Balaban J connectivity index is 1.90. The van der Waals surface area contributed by atoms with Crippen LogP contribution in [0.4, 0.5) is 0 Å². The zero-order chi connectivity index (χ0) is 13.9. The fraction of sp³-hybridized carbons (Fsp3) is 0.312. The molecule has 1 aromatic carbocycles. The lowest BCUT2D eigenvalue weighted by Crippen LogP contribution is -2.19. The highest BCUT2D eigenvalue weighted by molar-refractivity contribution is 6.32. The number of benzene rings is 1. The molecule has 0 radical (unpaired) electrons. The van der Waals surface area contributed by atoms with Gasteiger partial charge in [-0.2, -0.15) is 0 Å². The van der Waals surface area contributed by atoms with Crippen LogP contribution >= 0.6 is 11.6 Å². The summed E-state index contributed by atoms with van der Waals surface area (Å²) in [5.41, 5.74) is 3.18. The van der Waals surface area contributed by atoms with Crippen LogP contribution in [0.3, 0.4) is 0 Å². The molecule has 0 amide bonds. The van der Waals surface area contributed by atoms with Crippen molar-refractivity contribution in [2.24, 2.45) is 0 Å². The van der Waals surface area contributed by atoms with Gasteiger partial charge in [0, 0.05) is 12.1 Å². The predicted octanol–water partition coefficient (Wildman–Crippen LogP) is 3.45. The molecule has 3 nitrogen and oxygen atoms in total. The van der Waals surface area contributed by atoms with E-state index in [2.05, 4.69) is 29.4 Å². The highest BCUT2D eigenvalue weighted by Gasteiger charge is 2.17. The van der Waals surface area contributed by atoms with Crippen molar-refractivity contribution >= 4 is 11.6 Å². The third kappa shape index (κ3) is 2.94. The van der Waals surface area contributed by atoms with Gasteiger partial charge >= 0.3 is 0 Å². The van der Waals surface area contributed by atoms with Gasteiger partial charge in [0.25, 0.3) is 0 Å². The van der Waals surface area contributed by atoms with Crippen LogP contribution in [-0.2, 0) is 0 Å². The number of aromatic nitrogens is 1. The lowest BCUT2D eigenvalue weighted by Gasteiger charge is -2.14. The van der Waals surface area contributed by atoms with Gasteiger partial charge in [-0.1, -0.05) is 41.4 Å². The number of nitrogens with one attached hydrogen (secondary N) is 1. The van der Waals surface area contributed by atoms with E-state index in [4.69, 9.17) is 16.3 Å². The summed E-state index contributed by atoms with van der Waals surface area (Å²) in [6.45, 7) is 3.97. The number of aryl methyl sites for hydroxylation is 1. The Kier molecular flexibility index (Phi) is 3.90. The standard InChI is InChI=1S/C16H17ClN2O/c1-11-3-2-4-12(7-11)15-8-14(10-19-16(15)17)20-13-5-6-18-9-13/h2-4,7-8,10,13,18H,5-6,9H2,1H3. The van der Waals surface area contributed by atoms with Crippen molar-refractivity contribution in [1.29, 1.82) is 0 Å². The average molecular weight is 289 g/mol. The normalized spacial score (nSPS) is 18.2. The number of nitrogens with zero attached hydrogens (tertiary/aromatic N) is 1. The van der Waals surface area contributed by atoms with Gasteiger partial charge in [0.1, 0.15) is 17.0 Å². The summed E-state index contributed by atoms with van der Waals surface area (Å²) in [4.78, 5) is 4.25. The zero-order valence-corrected chi connectivity index (χ0v) is 12.2. The molecular weight excluding hydrogens is 272 g/mol. The number of ether oxygens (including phenoxy) is 1. The Bertz CT molecular complexity index is 609. The summed E-state index contributed by atoms with van der Waals surface area (Å²) in [7, 11) is 0. The summed E-state index contributed by atoms with van der Waals surface area (Å²) in [5, 5.41) is 3.79.